The molecule has 0 bridgehead atoms. The van der Waals surface area contributed by atoms with Crippen LogP contribution in [0, 0.1) is 0 Å². The fraction of sp³-hybridized carbons (Fsp3) is 0.194. The standard InChI is InChI=1S/C36H33N3O6/c1-25(40)45-35(2,3)34(42)39-29-15-16-32(37-22-29)36(17-10-18-38-36)33(41)28-19-30(43-23-26-11-6-4-7-12-26)21-31(20-28)44-24-27-13-8-5-9-14-27/h4-22H,23-24H2,1-3H3,(H,39,42). The lowest BCUT2D eigenvalue weighted by Gasteiger charge is -2.24. The fourth-order valence-corrected chi connectivity index (χ4v) is 4.74. The van der Waals surface area contributed by atoms with E-state index >= 15 is 0 Å². The van der Waals surface area contributed by atoms with Crippen LogP contribution in [-0.4, -0.2) is 34.5 Å². The van der Waals surface area contributed by atoms with Crippen molar-refractivity contribution in [2.45, 2.75) is 45.1 Å². The average molecular weight is 604 g/mol. The van der Waals surface area contributed by atoms with Crippen molar-refractivity contribution >= 4 is 29.6 Å². The molecule has 45 heavy (non-hydrogen) atoms. The molecule has 5 rings (SSSR count). The topological polar surface area (TPSA) is 116 Å². The van der Waals surface area contributed by atoms with E-state index in [-0.39, 0.29) is 5.78 Å². The number of allylic oxidation sites excluding steroid dienone is 1. The van der Waals surface area contributed by atoms with E-state index < -0.39 is 23.0 Å². The number of aromatic nitrogens is 1. The maximum atomic E-state index is 14.3. The first-order valence-corrected chi connectivity index (χ1v) is 14.4. The fourth-order valence-electron chi connectivity index (χ4n) is 4.74. The summed E-state index contributed by atoms with van der Waals surface area (Å²) >= 11 is 0. The molecule has 228 valence electrons. The van der Waals surface area contributed by atoms with Gasteiger partial charge in [-0.2, -0.15) is 0 Å². The highest BCUT2D eigenvalue weighted by Crippen LogP contribution is 2.36. The summed E-state index contributed by atoms with van der Waals surface area (Å²) in [5.74, 6) is -0.488. The SMILES string of the molecule is CC(=O)OC(C)(C)C(=O)Nc1ccc(C2(C(=O)c3cc(OCc4ccccc4)cc(OCc4ccccc4)c3)C=CC=N2)nc1. The minimum absolute atomic E-state index is 0.308. The zero-order chi connectivity index (χ0) is 31.9. The molecule has 1 atom stereocenters. The molecule has 1 aromatic heterocycles. The molecule has 4 aromatic rings. The number of amides is 1. The number of hydrogen-bond donors (Lipinski definition) is 1. The zero-order valence-electron chi connectivity index (χ0n) is 25.2. The van der Waals surface area contributed by atoms with Crippen LogP contribution in [0.15, 0.2) is 114 Å². The van der Waals surface area contributed by atoms with Crippen molar-refractivity contribution in [2.24, 2.45) is 4.99 Å². The number of hydrogen-bond acceptors (Lipinski definition) is 8. The number of benzene rings is 3. The Labute approximate surface area is 261 Å². The Morgan fingerprint density at radius 2 is 1.42 bits per heavy atom. The quantitative estimate of drug-likeness (QED) is 0.151. The van der Waals surface area contributed by atoms with Crippen molar-refractivity contribution < 1.29 is 28.6 Å². The number of ketones is 1. The van der Waals surface area contributed by atoms with Gasteiger partial charge in [0.05, 0.1) is 17.6 Å². The van der Waals surface area contributed by atoms with Gasteiger partial charge in [-0.25, -0.2) is 0 Å². The van der Waals surface area contributed by atoms with Crippen molar-refractivity contribution in [1.82, 2.24) is 4.98 Å². The molecule has 0 spiro atoms. The van der Waals surface area contributed by atoms with E-state index in [4.69, 9.17) is 14.2 Å². The van der Waals surface area contributed by atoms with Crippen LogP contribution in [0.25, 0.3) is 0 Å². The summed E-state index contributed by atoms with van der Waals surface area (Å²) in [6.07, 6.45) is 6.36. The van der Waals surface area contributed by atoms with Gasteiger partial charge >= 0.3 is 5.97 Å². The second-order valence-electron chi connectivity index (χ2n) is 11.0. The second-order valence-corrected chi connectivity index (χ2v) is 11.0. The van der Waals surface area contributed by atoms with Gasteiger partial charge in [-0.05, 0) is 61.4 Å². The van der Waals surface area contributed by atoms with E-state index in [0.29, 0.717) is 41.7 Å². The molecule has 0 saturated carbocycles. The number of aliphatic imine (C=N–C) groups is 1. The Hall–Kier alpha value is -5.57. The number of nitrogens with one attached hydrogen (secondary N) is 1. The Kier molecular flexibility index (Phi) is 9.18. The van der Waals surface area contributed by atoms with Crippen LogP contribution >= 0.6 is 0 Å². The van der Waals surface area contributed by atoms with Gasteiger partial charge in [-0.15, -0.1) is 0 Å². The van der Waals surface area contributed by atoms with Crippen LogP contribution in [0.3, 0.4) is 0 Å². The monoisotopic (exact) mass is 603 g/mol. The van der Waals surface area contributed by atoms with Crippen LogP contribution in [0.4, 0.5) is 5.69 Å². The van der Waals surface area contributed by atoms with E-state index in [1.54, 1.807) is 48.7 Å². The molecule has 1 aliphatic rings. The lowest BCUT2D eigenvalue weighted by atomic mass is 9.86. The Morgan fingerprint density at radius 3 is 1.91 bits per heavy atom. The number of rotatable bonds is 12. The van der Waals surface area contributed by atoms with Gasteiger partial charge in [0.1, 0.15) is 24.7 Å². The highest BCUT2D eigenvalue weighted by molar-refractivity contribution is 6.08. The normalized spacial score (nSPS) is 15.4. The average Bonchev–Trinajstić information content (AvgIpc) is 3.54. The largest absolute Gasteiger partial charge is 0.489 e. The molecule has 0 radical (unpaired) electrons. The van der Waals surface area contributed by atoms with Gasteiger partial charge in [0, 0.05) is 24.8 Å². The smallest absolute Gasteiger partial charge is 0.303 e. The van der Waals surface area contributed by atoms with Gasteiger partial charge < -0.3 is 19.5 Å². The molecule has 1 amide bonds. The first-order chi connectivity index (χ1) is 21.6. The van der Waals surface area contributed by atoms with Gasteiger partial charge in [-0.1, -0.05) is 60.7 Å². The van der Waals surface area contributed by atoms with Gasteiger partial charge in [0.25, 0.3) is 5.91 Å². The van der Waals surface area contributed by atoms with Crippen molar-refractivity contribution in [2.75, 3.05) is 5.32 Å². The molecular weight excluding hydrogens is 570 g/mol. The minimum atomic E-state index is -1.44. The molecule has 1 aliphatic heterocycles. The summed E-state index contributed by atoms with van der Waals surface area (Å²) in [4.78, 5) is 47.4. The van der Waals surface area contributed by atoms with E-state index in [1.165, 1.54) is 27.0 Å². The third kappa shape index (κ3) is 7.51. The Morgan fingerprint density at radius 1 is 0.822 bits per heavy atom. The highest BCUT2D eigenvalue weighted by atomic mass is 16.6. The van der Waals surface area contributed by atoms with Gasteiger partial charge in [0.15, 0.2) is 11.1 Å². The number of carbonyl (C=O) groups is 3. The van der Waals surface area contributed by atoms with Crippen LogP contribution in [0.1, 0.15) is 48.0 Å². The van der Waals surface area contributed by atoms with Crippen molar-refractivity contribution in [3.05, 3.63) is 132 Å². The molecule has 9 nitrogen and oxygen atoms in total. The van der Waals surface area contributed by atoms with Crippen LogP contribution < -0.4 is 14.8 Å². The lowest BCUT2D eigenvalue weighted by Crippen LogP contribution is -2.41. The van der Waals surface area contributed by atoms with Crippen molar-refractivity contribution in [3.63, 3.8) is 0 Å². The van der Waals surface area contributed by atoms with Gasteiger partial charge in [-0.3, -0.25) is 24.4 Å². The van der Waals surface area contributed by atoms with E-state index in [2.05, 4.69) is 15.3 Å². The van der Waals surface area contributed by atoms with E-state index in [0.717, 1.165) is 11.1 Å². The van der Waals surface area contributed by atoms with Crippen LogP contribution in [-0.2, 0) is 33.1 Å². The molecule has 2 heterocycles. The third-order valence-corrected chi connectivity index (χ3v) is 7.04. The maximum Gasteiger partial charge on any atom is 0.303 e. The summed E-state index contributed by atoms with van der Waals surface area (Å²) in [6, 6.07) is 27.8. The van der Waals surface area contributed by atoms with Crippen LogP contribution in [0.5, 0.6) is 11.5 Å². The zero-order valence-corrected chi connectivity index (χ0v) is 25.2. The molecular formula is C36H33N3O6. The number of carbonyl (C=O) groups excluding carboxylic acids is 3. The first-order valence-electron chi connectivity index (χ1n) is 14.4. The lowest BCUT2D eigenvalue weighted by molar-refractivity contribution is -0.160. The highest BCUT2D eigenvalue weighted by Gasteiger charge is 2.41. The molecule has 1 N–H and O–H groups in total. The van der Waals surface area contributed by atoms with E-state index in [9.17, 15) is 14.4 Å². The third-order valence-electron chi connectivity index (χ3n) is 7.04. The van der Waals surface area contributed by atoms with Crippen molar-refractivity contribution in [3.8, 4) is 11.5 Å². The predicted molar refractivity (Wildman–Crippen MR) is 170 cm³/mol. The predicted octanol–water partition coefficient (Wildman–Crippen LogP) is 6.24. The van der Waals surface area contributed by atoms with Gasteiger partial charge in [0.2, 0.25) is 5.78 Å². The van der Waals surface area contributed by atoms with E-state index in [1.807, 2.05) is 60.7 Å². The molecule has 1 unspecified atom stereocenters. The maximum absolute atomic E-state index is 14.3. The minimum Gasteiger partial charge on any atom is -0.489 e. The first kappa shape index (κ1) is 30.9. The number of nitrogens with zero attached hydrogens (tertiary/aromatic N) is 2. The summed E-state index contributed by atoms with van der Waals surface area (Å²) in [7, 11) is 0. The summed E-state index contributed by atoms with van der Waals surface area (Å²) in [5, 5.41) is 2.70. The molecule has 9 heteroatoms. The number of esters is 1. The molecule has 0 aliphatic carbocycles. The molecule has 0 fully saturated rings. The molecule has 0 saturated heterocycles. The number of Topliss-reactive ketones (excluding diaryl/α,β-unsaturated/α-hetero) is 1. The second kappa shape index (κ2) is 13.4. The molecule has 3 aromatic carbocycles. The van der Waals surface area contributed by atoms with Crippen LogP contribution in [0.2, 0.25) is 0 Å². The summed E-state index contributed by atoms with van der Waals surface area (Å²) in [6.45, 7) is 4.84. The Balaban J connectivity index is 1.42. The number of ether oxygens (including phenoxy) is 3. The number of anilines is 1. The number of pyridine rings is 1. The summed E-state index contributed by atoms with van der Waals surface area (Å²) in [5.41, 5.74) is 0.196. The van der Waals surface area contributed by atoms with Crippen molar-refractivity contribution in [1.29, 1.82) is 0 Å². The Bertz CT molecular complexity index is 1660. The summed E-state index contributed by atoms with van der Waals surface area (Å²) < 4.78 is 17.3.